The highest BCUT2D eigenvalue weighted by Crippen LogP contribution is 2.31. The van der Waals surface area contributed by atoms with Crippen molar-refractivity contribution in [3.63, 3.8) is 0 Å². The van der Waals surface area contributed by atoms with Gasteiger partial charge >= 0.3 is 23.9 Å². The lowest BCUT2D eigenvalue weighted by Crippen LogP contribution is -2.68. The zero-order valence-electron chi connectivity index (χ0n) is 17.5. The standard InChI is InChI=1S/C18H25NO11/c1-8(20)19(9(2)21)15-17(28-12(5)24)16(27-11(4)23)14(7-26-10(3)22)30-18(15)29-13(6)25/h14-18H,7H2,1-6H3. The van der Waals surface area contributed by atoms with Crippen LogP contribution in [0.25, 0.3) is 0 Å². The average molecular weight is 431 g/mol. The first kappa shape index (κ1) is 25.0. The van der Waals surface area contributed by atoms with E-state index in [9.17, 15) is 28.8 Å². The molecular weight excluding hydrogens is 406 g/mol. The van der Waals surface area contributed by atoms with Crippen LogP contribution in [0.4, 0.5) is 0 Å². The number of hydrogen-bond donors (Lipinski definition) is 0. The van der Waals surface area contributed by atoms with Crippen LogP contribution < -0.4 is 0 Å². The van der Waals surface area contributed by atoms with Gasteiger partial charge in [-0.3, -0.25) is 33.7 Å². The number of imide groups is 1. The first-order chi connectivity index (χ1) is 13.8. The second-order valence-corrected chi connectivity index (χ2v) is 6.50. The Kier molecular flexibility index (Phi) is 8.90. The molecule has 5 unspecified atom stereocenters. The quantitative estimate of drug-likeness (QED) is 0.394. The number of carbonyl (C=O) groups is 6. The number of nitrogens with zero attached hydrogens (tertiary/aromatic N) is 1. The summed E-state index contributed by atoms with van der Waals surface area (Å²) in [5.74, 6) is -4.64. The Bertz CT molecular complexity index is 705. The topological polar surface area (TPSA) is 152 Å². The maximum atomic E-state index is 12.2. The van der Waals surface area contributed by atoms with Crippen LogP contribution in [0.1, 0.15) is 41.5 Å². The largest absolute Gasteiger partial charge is 0.463 e. The number of rotatable bonds is 6. The number of hydrogen-bond acceptors (Lipinski definition) is 11. The minimum Gasteiger partial charge on any atom is -0.463 e. The summed E-state index contributed by atoms with van der Waals surface area (Å²) >= 11 is 0. The molecule has 0 bridgehead atoms. The molecule has 0 aromatic heterocycles. The molecule has 2 amide bonds. The van der Waals surface area contributed by atoms with Gasteiger partial charge in [0, 0.05) is 41.5 Å². The average Bonchev–Trinajstić information content (AvgIpc) is 2.56. The predicted molar refractivity (Wildman–Crippen MR) is 95.2 cm³/mol. The van der Waals surface area contributed by atoms with Gasteiger partial charge in [0.15, 0.2) is 12.2 Å². The van der Waals surface area contributed by atoms with E-state index in [2.05, 4.69) is 0 Å². The molecule has 5 atom stereocenters. The molecule has 1 saturated heterocycles. The van der Waals surface area contributed by atoms with Gasteiger partial charge < -0.3 is 23.7 Å². The van der Waals surface area contributed by atoms with E-state index in [4.69, 9.17) is 23.7 Å². The summed E-state index contributed by atoms with van der Waals surface area (Å²) in [6, 6.07) is -1.47. The molecule has 0 spiro atoms. The minimum absolute atomic E-state index is 0.449. The van der Waals surface area contributed by atoms with Crippen molar-refractivity contribution in [2.24, 2.45) is 0 Å². The highest BCUT2D eigenvalue weighted by molar-refractivity contribution is 5.93. The van der Waals surface area contributed by atoms with E-state index in [1.54, 1.807) is 0 Å². The fraction of sp³-hybridized carbons (Fsp3) is 0.667. The lowest BCUT2D eigenvalue weighted by atomic mass is 9.94. The molecule has 0 radical (unpaired) electrons. The van der Waals surface area contributed by atoms with Crippen molar-refractivity contribution in [2.75, 3.05) is 6.61 Å². The summed E-state index contributed by atoms with van der Waals surface area (Å²) < 4.78 is 26.1. The summed E-state index contributed by atoms with van der Waals surface area (Å²) in [5.41, 5.74) is 0. The molecule has 0 saturated carbocycles. The van der Waals surface area contributed by atoms with E-state index >= 15 is 0 Å². The highest BCUT2D eigenvalue weighted by Gasteiger charge is 2.55. The molecule has 0 aromatic rings. The van der Waals surface area contributed by atoms with E-state index in [0.29, 0.717) is 4.90 Å². The molecule has 12 heteroatoms. The summed E-state index contributed by atoms with van der Waals surface area (Å²) in [7, 11) is 0. The lowest BCUT2D eigenvalue weighted by molar-refractivity contribution is -0.282. The molecule has 168 valence electrons. The maximum Gasteiger partial charge on any atom is 0.305 e. The Morgan fingerprint density at radius 3 is 1.57 bits per heavy atom. The maximum absolute atomic E-state index is 12.2. The first-order valence-corrected chi connectivity index (χ1v) is 8.96. The third-order valence-electron chi connectivity index (χ3n) is 3.93. The summed E-state index contributed by atoms with van der Waals surface area (Å²) in [5, 5.41) is 0. The third kappa shape index (κ3) is 6.79. The van der Waals surface area contributed by atoms with Crippen molar-refractivity contribution in [3.8, 4) is 0 Å². The SMILES string of the molecule is CC(=O)OCC1OC(OC(C)=O)C(N(C(C)=O)C(C)=O)C(OC(C)=O)C1OC(C)=O. The number of esters is 4. The Morgan fingerprint density at radius 2 is 1.17 bits per heavy atom. The summed E-state index contributed by atoms with van der Waals surface area (Å²) in [4.78, 5) is 71.3. The van der Waals surface area contributed by atoms with Gasteiger partial charge in [0.2, 0.25) is 18.1 Å². The summed E-state index contributed by atoms with van der Waals surface area (Å²) in [6.45, 7) is 6.03. The second-order valence-electron chi connectivity index (χ2n) is 6.50. The fourth-order valence-corrected chi connectivity index (χ4v) is 3.06. The van der Waals surface area contributed by atoms with Gasteiger partial charge in [-0.2, -0.15) is 0 Å². The van der Waals surface area contributed by atoms with Gasteiger partial charge in [0.1, 0.15) is 18.8 Å². The molecular formula is C18H25NO11. The molecule has 1 aliphatic rings. The van der Waals surface area contributed by atoms with Crippen LogP contribution in [-0.2, 0) is 52.5 Å². The number of amides is 2. The Balaban J connectivity index is 3.55. The normalized spacial score (nSPS) is 25.5. The van der Waals surface area contributed by atoms with Gasteiger partial charge in [0.25, 0.3) is 0 Å². The van der Waals surface area contributed by atoms with Gasteiger partial charge in [-0.1, -0.05) is 0 Å². The van der Waals surface area contributed by atoms with Crippen LogP contribution >= 0.6 is 0 Å². The Morgan fingerprint density at radius 1 is 0.700 bits per heavy atom. The van der Waals surface area contributed by atoms with Gasteiger partial charge in [-0.15, -0.1) is 0 Å². The molecule has 12 nitrogen and oxygen atoms in total. The Hall–Kier alpha value is -3.02. The van der Waals surface area contributed by atoms with Crippen molar-refractivity contribution in [2.45, 2.75) is 72.2 Å². The molecule has 0 aromatic carbocycles. The van der Waals surface area contributed by atoms with Crippen molar-refractivity contribution in [1.82, 2.24) is 4.90 Å². The second kappa shape index (κ2) is 10.7. The van der Waals surface area contributed by atoms with Crippen LogP contribution in [0.5, 0.6) is 0 Å². The summed E-state index contributed by atoms with van der Waals surface area (Å²) in [6.07, 6.45) is -5.68. The number of ether oxygens (including phenoxy) is 5. The molecule has 1 heterocycles. The molecule has 1 fully saturated rings. The molecule has 1 rings (SSSR count). The van der Waals surface area contributed by atoms with E-state index in [1.807, 2.05) is 0 Å². The molecule has 30 heavy (non-hydrogen) atoms. The van der Waals surface area contributed by atoms with Crippen LogP contribution in [0.3, 0.4) is 0 Å². The van der Waals surface area contributed by atoms with E-state index in [1.165, 1.54) is 0 Å². The van der Waals surface area contributed by atoms with E-state index in [0.717, 1.165) is 41.5 Å². The Labute approximate surface area is 172 Å². The predicted octanol–water partition coefficient (Wildman–Crippen LogP) is -0.535. The number of carbonyl (C=O) groups excluding carboxylic acids is 6. The highest BCUT2D eigenvalue weighted by atomic mass is 16.7. The van der Waals surface area contributed by atoms with Gasteiger partial charge in [-0.05, 0) is 0 Å². The minimum atomic E-state index is -1.59. The van der Waals surface area contributed by atoms with Crippen molar-refractivity contribution >= 4 is 35.7 Å². The zero-order valence-corrected chi connectivity index (χ0v) is 17.5. The monoisotopic (exact) mass is 431 g/mol. The first-order valence-electron chi connectivity index (χ1n) is 8.96. The third-order valence-corrected chi connectivity index (χ3v) is 3.93. The molecule has 0 N–H and O–H groups in total. The lowest BCUT2D eigenvalue weighted by Gasteiger charge is -2.47. The van der Waals surface area contributed by atoms with Gasteiger partial charge in [-0.25, -0.2) is 0 Å². The molecule has 0 aliphatic carbocycles. The van der Waals surface area contributed by atoms with Crippen LogP contribution in [-0.4, -0.2) is 77.8 Å². The zero-order chi connectivity index (χ0) is 23.2. The van der Waals surface area contributed by atoms with Crippen LogP contribution in [0.2, 0.25) is 0 Å². The van der Waals surface area contributed by atoms with Crippen molar-refractivity contribution < 1.29 is 52.5 Å². The molecule has 1 aliphatic heterocycles. The van der Waals surface area contributed by atoms with Crippen LogP contribution in [0.15, 0.2) is 0 Å². The van der Waals surface area contributed by atoms with Crippen molar-refractivity contribution in [1.29, 1.82) is 0 Å². The van der Waals surface area contributed by atoms with Crippen molar-refractivity contribution in [3.05, 3.63) is 0 Å². The van der Waals surface area contributed by atoms with E-state index < -0.39 is 72.9 Å². The fourth-order valence-electron chi connectivity index (χ4n) is 3.06. The smallest absolute Gasteiger partial charge is 0.305 e. The van der Waals surface area contributed by atoms with E-state index in [-0.39, 0.29) is 0 Å². The van der Waals surface area contributed by atoms with Crippen LogP contribution in [0, 0.1) is 0 Å². The van der Waals surface area contributed by atoms with Gasteiger partial charge in [0.05, 0.1) is 0 Å².